The van der Waals surface area contributed by atoms with E-state index in [9.17, 15) is 0 Å². The Labute approximate surface area is 164 Å². The summed E-state index contributed by atoms with van der Waals surface area (Å²) in [5.41, 5.74) is 9.13. The van der Waals surface area contributed by atoms with Crippen LogP contribution in [0.3, 0.4) is 0 Å². The summed E-state index contributed by atoms with van der Waals surface area (Å²) in [6, 6.07) is 27.0. The molecule has 0 saturated carbocycles. The van der Waals surface area contributed by atoms with Gasteiger partial charge in [-0.3, -0.25) is 0 Å². The molecule has 3 aromatic carbocycles. The quantitative estimate of drug-likeness (QED) is 0.550. The normalized spacial score (nSPS) is 27.6. The van der Waals surface area contributed by atoms with Crippen LogP contribution in [0, 0.1) is 11.8 Å². The maximum atomic E-state index is 2.58. The van der Waals surface area contributed by atoms with E-state index in [1.807, 2.05) is 0 Å². The summed E-state index contributed by atoms with van der Waals surface area (Å²) >= 11 is 0. The van der Waals surface area contributed by atoms with E-state index in [1.54, 1.807) is 11.1 Å². The zero-order valence-electron chi connectivity index (χ0n) is 15.5. The van der Waals surface area contributed by atoms with E-state index in [0.717, 1.165) is 0 Å². The number of allylic oxidation sites excluding steroid dienone is 4. The fourth-order valence-corrected chi connectivity index (χ4v) is 5.98. The summed E-state index contributed by atoms with van der Waals surface area (Å²) < 4.78 is 0. The lowest BCUT2D eigenvalue weighted by Gasteiger charge is -2.46. The van der Waals surface area contributed by atoms with Crippen LogP contribution < -0.4 is 10.4 Å². The van der Waals surface area contributed by atoms with Gasteiger partial charge in [0.2, 0.25) is 0 Å². The van der Waals surface area contributed by atoms with Crippen LogP contribution in [0.1, 0.15) is 34.1 Å². The van der Waals surface area contributed by atoms with Crippen LogP contribution in [0.2, 0.25) is 0 Å². The van der Waals surface area contributed by atoms with Gasteiger partial charge >= 0.3 is 0 Å². The van der Waals surface area contributed by atoms with Crippen molar-refractivity contribution in [2.24, 2.45) is 11.8 Å². The Kier molecular flexibility index (Phi) is 2.78. The molecule has 0 heteroatoms. The molecule has 0 N–H and O–H groups in total. The van der Waals surface area contributed by atoms with E-state index < -0.39 is 0 Å². The second kappa shape index (κ2) is 5.23. The molecule has 0 spiro atoms. The van der Waals surface area contributed by atoms with Crippen molar-refractivity contribution in [3.63, 3.8) is 0 Å². The topological polar surface area (TPSA) is 0 Å². The van der Waals surface area contributed by atoms with E-state index >= 15 is 0 Å². The molecule has 5 aliphatic carbocycles. The minimum absolute atomic E-state index is 0.384. The van der Waals surface area contributed by atoms with Gasteiger partial charge in [0, 0.05) is 23.7 Å². The van der Waals surface area contributed by atoms with E-state index in [4.69, 9.17) is 0 Å². The molecular weight excluding hydrogens is 336 g/mol. The predicted octanol–water partition coefficient (Wildman–Crippen LogP) is 4.65. The van der Waals surface area contributed by atoms with Crippen molar-refractivity contribution < 1.29 is 0 Å². The first-order valence-corrected chi connectivity index (χ1v) is 10.3. The molecule has 2 bridgehead atoms. The average molecular weight is 356 g/mol. The molecule has 2 atom stereocenters. The standard InChI is InChI=1S/C28H20/c1-2-8-18-14-20-16-26-25(15-19(20)13-17(18)7-1)27-21-9-3-5-11-23(21)28(26)24-12-6-4-10-22(24)27/h1-16,19-20,27-28H. The first kappa shape index (κ1) is 14.9. The fraction of sp³-hybridized carbons (Fsp3) is 0.143. The summed E-state index contributed by atoms with van der Waals surface area (Å²) in [5, 5.41) is 2.75. The smallest absolute Gasteiger partial charge is 0.0346 e. The van der Waals surface area contributed by atoms with E-state index in [1.165, 1.54) is 32.7 Å². The van der Waals surface area contributed by atoms with Crippen molar-refractivity contribution in [2.45, 2.75) is 11.8 Å². The highest BCUT2D eigenvalue weighted by molar-refractivity contribution is 5.72. The highest BCUT2D eigenvalue weighted by Gasteiger charge is 2.44. The van der Waals surface area contributed by atoms with Crippen LogP contribution in [0.5, 0.6) is 0 Å². The van der Waals surface area contributed by atoms with Crippen molar-refractivity contribution in [3.05, 3.63) is 129 Å². The maximum absolute atomic E-state index is 2.58. The molecule has 8 rings (SSSR count). The molecule has 0 nitrogen and oxygen atoms in total. The molecule has 0 aromatic heterocycles. The number of hydrogen-bond acceptors (Lipinski definition) is 0. The molecule has 0 radical (unpaired) electrons. The molecule has 0 saturated heterocycles. The summed E-state index contributed by atoms with van der Waals surface area (Å²) in [7, 11) is 0. The lowest BCUT2D eigenvalue weighted by atomic mass is 9.56. The van der Waals surface area contributed by atoms with Gasteiger partial charge in [0.05, 0.1) is 0 Å². The minimum Gasteiger partial charge on any atom is -0.0722 e. The van der Waals surface area contributed by atoms with E-state index in [-0.39, 0.29) is 0 Å². The van der Waals surface area contributed by atoms with E-state index in [0.29, 0.717) is 23.7 Å². The number of rotatable bonds is 0. The van der Waals surface area contributed by atoms with Gasteiger partial charge in [0.15, 0.2) is 0 Å². The van der Waals surface area contributed by atoms with Gasteiger partial charge < -0.3 is 0 Å². The predicted molar refractivity (Wildman–Crippen MR) is 114 cm³/mol. The molecular formula is C28H20. The van der Waals surface area contributed by atoms with Gasteiger partial charge in [0.1, 0.15) is 0 Å². The highest BCUT2D eigenvalue weighted by Crippen LogP contribution is 2.59. The molecule has 0 aliphatic heterocycles. The zero-order valence-corrected chi connectivity index (χ0v) is 15.5. The molecule has 0 fully saturated rings. The summed E-state index contributed by atoms with van der Waals surface area (Å²) in [6.45, 7) is 0. The summed E-state index contributed by atoms with van der Waals surface area (Å²) in [4.78, 5) is 0. The summed E-state index contributed by atoms with van der Waals surface area (Å²) in [6.07, 6.45) is 10.1. The lowest BCUT2D eigenvalue weighted by Crippen LogP contribution is -2.36. The largest absolute Gasteiger partial charge is 0.0722 e. The Morgan fingerprint density at radius 2 is 0.750 bits per heavy atom. The summed E-state index contributed by atoms with van der Waals surface area (Å²) in [5.74, 6) is 1.70. The SMILES string of the molecule is C1=C2C(=CC3C=c4ccccc4=CC13)C1c3ccccc3C2c2ccccc21. The van der Waals surface area contributed by atoms with Crippen molar-refractivity contribution in [2.75, 3.05) is 0 Å². The zero-order chi connectivity index (χ0) is 18.2. The fourth-order valence-electron chi connectivity index (χ4n) is 5.98. The monoisotopic (exact) mass is 356 g/mol. The molecule has 132 valence electrons. The number of fused-ring (bicyclic) bond motifs is 2. The second-order valence-corrected chi connectivity index (χ2v) is 8.48. The van der Waals surface area contributed by atoms with Crippen molar-refractivity contribution in [3.8, 4) is 0 Å². The van der Waals surface area contributed by atoms with Gasteiger partial charge in [-0.05, 0) is 43.8 Å². The van der Waals surface area contributed by atoms with Gasteiger partial charge in [-0.1, -0.05) is 97.1 Å². The molecule has 28 heavy (non-hydrogen) atoms. The van der Waals surface area contributed by atoms with Crippen LogP contribution >= 0.6 is 0 Å². The molecule has 0 amide bonds. The maximum Gasteiger partial charge on any atom is 0.0346 e. The first-order chi connectivity index (χ1) is 13.9. The second-order valence-electron chi connectivity index (χ2n) is 8.48. The van der Waals surface area contributed by atoms with Gasteiger partial charge in [-0.25, -0.2) is 0 Å². The molecule has 3 aromatic rings. The van der Waals surface area contributed by atoms with Crippen LogP contribution in [0.25, 0.3) is 12.2 Å². The Balaban J connectivity index is 1.52. The highest BCUT2D eigenvalue weighted by atomic mass is 14.5. The minimum atomic E-state index is 0.384. The van der Waals surface area contributed by atoms with Gasteiger partial charge in [-0.2, -0.15) is 0 Å². The number of benzene rings is 3. The Morgan fingerprint density at radius 3 is 1.14 bits per heavy atom. The third-order valence-electron chi connectivity index (χ3n) is 7.12. The number of hydrogen-bond donors (Lipinski definition) is 0. The van der Waals surface area contributed by atoms with Gasteiger partial charge in [0.25, 0.3) is 0 Å². The first-order valence-electron chi connectivity index (χ1n) is 10.3. The third kappa shape index (κ3) is 1.81. The van der Waals surface area contributed by atoms with Crippen molar-refractivity contribution in [1.29, 1.82) is 0 Å². The molecule has 5 aliphatic rings. The Morgan fingerprint density at radius 1 is 0.393 bits per heavy atom. The lowest BCUT2D eigenvalue weighted by molar-refractivity contribution is 0.647. The Bertz CT molecular complexity index is 1180. The van der Waals surface area contributed by atoms with E-state index in [2.05, 4.69) is 97.1 Å². The van der Waals surface area contributed by atoms with Crippen molar-refractivity contribution >= 4 is 12.2 Å². The average Bonchev–Trinajstić information content (AvgIpc) is 2.76. The molecule has 2 unspecified atom stereocenters. The van der Waals surface area contributed by atoms with Crippen molar-refractivity contribution in [1.82, 2.24) is 0 Å². The van der Waals surface area contributed by atoms with Gasteiger partial charge in [-0.15, -0.1) is 0 Å². The van der Waals surface area contributed by atoms with Crippen LogP contribution in [0.15, 0.2) is 96.1 Å². The third-order valence-corrected chi connectivity index (χ3v) is 7.12. The van der Waals surface area contributed by atoms with Crippen LogP contribution in [-0.2, 0) is 0 Å². The Hall–Kier alpha value is -3.12. The molecule has 0 heterocycles. The van der Waals surface area contributed by atoms with Crippen LogP contribution in [-0.4, -0.2) is 0 Å². The van der Waals surface area contributed by atoms with Crippen LogP contribution in [0.4, 0.5) is 0 Å².